The Morgan fingerprint density at radius 1 is 0.925 bits per heavy atom. The molecule has 1 heterocycles. The number of anilines is 3. The summed E-state index contributed by atoms with van der Waals surface area (Å²) < 4.78 is 5.56. The van der Waals surface area contributed by atoms with Crippen molar-refractivity contribution in [3.63, 3.8) is 0 Å². The van der Waals surface area contributed by atoms with Crippen LogP contribution in [0, 0.1) is 0 Å². The Balaban J connectivity index is 1.43. The molecule has 0 saturated heterocycles. The molecule has 1 unspecified atom stereocenters. The lowest BCUT2D eigenvalue weighted by atomic mass is 9.81. The number of hydrazone groups is 1. The molecule has 4 aromatic rings. The minimum atomic E-state index is -1.00. The van der Waals surface area contributed by atoms with E-state index in [0.717, 1.165) is 30.4 Å². The average Bonchev–Trinajstić information content (AvgIpc) is 3.00. The van der Waals surface area contributed by atoms with Crippen LogP contribution in [0.4, 0.5) is 21.9 Å². The van der Waals surface area contributed by atoms with Crippen LogP contribution in [0.5, 0.6) is 5.75 Å². The zero-order chi connectivity index (χ0) is 27.7. The van der Waals surface area contributed by atoms with Crippen LogP contribution in [0.25, 0.3) is 0 Å². The maximum atomic E-state index is 14.1. The first-order valence-corrected chi connectivity index (χ1v) is 13.2. The van der Waals surface area contributed by atoms with Gasteiger partial charge in [-0.1, -0.05) is 48.5 Å². The molecule has 1 aliphatic carbocycles. The van der Waals surface area contributed by atoms with Crippen LogP contribution >= 0.6 is 0 Å². The van der Waals surface area contributed by atoms with Crippen LogP contribution in [0.2, 0.25) is 0 Å². The summed E-state index contributed by atoms with van der Waals surface area (Å²) in [5, 5.41) is 15.2. The van der Waals surface area contributed by atoms with Crippen molar-refractivity contribution in [1.82, 2.24) is 4.98 Å². The lowest BCUT2D eigenvalue weighted by molar-refractivity contribution is -0.139. The van der Waals surface area contributed by atoms with Gasteiger partial charge in [-0.05, 0) is 85.2 Å². The highest BCUT2D eigenvalue weighted by atomic mass is 16.5. The summed E-state index contributed by atoms with van der Waals surface area (Å²) in [6, 6.07) is 27.9. The fourth-order valence-electron chi connectivity index (χ4n) is 5.01. The number of benzene rings is 3. The van der Waals surface area contributed by atoms with Crippen LogP contribution in [0.15, 0.2) is 108 Å². The van der Waals surface area contributed by atoms with Crippen LogP contribution in [-0.4, -0.2) is 34.9 Å². The third-order valence-electron chi connectivity index (χ3n) is 6.82. The van der Waals surface area contributed by atoms with Gasteiger partial charge in [-0.15, -0.1) is 0 Å². The predicted octanol–water partition coefficient (Wildman–Crippen LogP) is 6.81. The highest BCUT2D eigenvalue weighted by molar-refractivity contribution is 6.08. The van der Waals surface area contributed by atoms with Crippen LogP contribution in [0.1, 0.15) is 36.3 Å². The van der Waals surface area contributed by atoms with E-state index >= 15 is 0 Å². The topological polar surface area (TPSA) is 95.3 Å². The molecular weight excluding hydrogens is 504 g/mol. The molecule has 2 amide bonds. The number of aliphatic carboxylic acids is 1. The number of carbonyl (C=O) groups excluding carboxylic acids is 1. The lowest BCUT2D eigenvalue weighted by Crippen LogP contribution is -2.38. The number of rotatable bonds is 9. The third kappa shape index (κ3) is 6.18. The van der Waals surface area contributed by atoms with Crippen LogP contribution in [-0.2, 0) is 11.2 Å². The molecule has 5 rings (SSSR count). The molecule has 0 bridgehead atoms. The second-order valence-electron chi connectivity index (χ2n) is 9.44. The molecular formula is C32H30N4O4. The van der Waals surface area contributed by atoms with Gasteiger partial charge in [-0.2, -0.15) is 10.1 Å². The Hall–Kier alpha value is -4.98. The summed E-state index contributed by atoms with van der Waals surface area (Å²) in [6.45, 7) is -0.369. The number of amides is 2. The zero-order valence-electron chi connectivity index (χ0n) is 22.0. The standard InChI is InChI=1S/C32H30N4O4/c37-31(38)23-40-30-18-8-16-28-24(10-7-17-29(28)30)19-21-34-36(26-13-5-2-6-14-26)32(39)35(25-11-3-1-4-12-25)27-15-9-20-33-22-27/h1-6,8-9,11-16,18,20-22,24H,7,10,17,19,23H2,(H,37,38)/b34-21-. The second-order valence-corrected chi connectivity index (χ2v) is 9.44. The molecule has 1 aliphatic rings. The van der Waals surface area contributed by atoms with Crippen molar-refractivity contribution in [2.75, 3.05) is 16.5 Å². The van der Waals surface area contributed by atoms with Crippen molar-refractivity contribution in [1.29, 1.82) is 0 Å². The normalized spacial score (nSPS) is 14.3. The third-order valence-corrected chi connectivity index (χ3v) is 6.82. The number of pyridine rings is 1. The van der Waals surface area contributed by atoms with E-state index in [-0.39, 0.29) is 18.6 Å². The highest BCUT2D eigenvalue weighted by Crippen LogP contribution is 2.38. The van der Waals surface area contributed by atoms with E-state index in [2.05, 4.69) is 11.1 Å². The molecule has 3 aromatic carbocycles. The van der Waals surface area contributed by atoms with E-state index in [0.29, 0.717) is 29.2 Å². The molecule has 1 atom stereocenters. The highest BCUT2D eigenvalue weighted by Gasteiger charge is 2.26. The first-order chi connectivity index (χ1) is 19.6. The quantitative estimate of drug-likeness (QED) is 0.188. The molecule has 0 saturated carbocycles. The van der Waals surface area contributed by atoms with E-state index in [1.165, 1.54) is 5.01 Å². The van der Waals surface area contributed by atoms with Gasteiger partial charge >= 0.3 is 12.0 Å². The number of carboxylic acid groups (broad SMARTS) is 1. The van der Waals surface area contributed by atoms with Crippen LogP contribution in [0.3, 0.4) is 0 Å². The van der Waals surface area contributed by atoms with Gasteiger partial charge in [-0.3, -0.25) is 9.88 Å². The molecule has 8 nitrogen and oxygen atoms in total. The van der Waals surface area contributed by atoms with Crippen LogP contribution < -0.4 is 14.6 Å². The number of hydrogen-bond acceptors (Lipinski definition) is 5. The van der Waals surface area contributed by atoms with Gasteiger partial charge < -0.3 is 9.84 Å². The molecule has 8 heteroatoms. The predicted molar refractivity (Wildman–Crippen MR) is 155 cm³/mol. The summed E-state index contributed by atoms with van der Waals surface area (Å²) in [7, 11) is 0. The van der Waals surface area contributed by atoms with Crippen molar-refractivity contribution in [3.8, 4) is 5.75 Å². The number of fused-ring (bicyclic) bond motifs is 1. The molecule has 40 heavy (non-hydrogen) atoms. The van der Waals surface area contributed by atoms with E-state index in [9.17, 15) is 9.59 Å². The SMILES string of the molecule is O=C(O)COc1cccc2c1CCCC2C/C=N\N(C(=O)N(c1ccccc1)c1cccnc1)c1ccccc1. The fourth-order valence-corrected chi connectivity index (χ4v) is 5.01. The zero-order valence-corrected chi connectivity index (χ0v) is 22.0. The number of carboxylic acids is 1. The monoisotopic (exact) mass is 534 g/mol. The van der Waals surface area contributed by atoms with E-state index < -0.39 is 5.97 Å². The number of carbonyl (C=O) groups is 2. The summed E-state index contributed by atoms with van der Waals surface area (Å²) in [5.41, 5.74) is 4.16. The van der Waals surface area contributed by atoms with Gasteiger partial charge in [-0.25, -0.2) is 9.59 Å². The first-order valence-electron chi connectivity index (χ1n) is 13.2. The molecule has 0 fully saturated rings. The molecule has 1 aromatic heterocycles. The smallest absolute Gasteiger partial charge is 0.354 e. The van der Waals surface area contributed by atoms with Gasteiger partial charge in [0.05, 0.1) is 23.3 Å². The maximum Gasteiger partial charge on any atom is 0.354 e. The van der Waals surface area contributed by atoms with Crippen molar-refractivity contribution in [3.05, 3.63) is 115 Å². The minimum absolute atomic E-state index is 0.178. The molecule has 0 aliphatic heterocycles. The van der Waals surface area contributed by atoms with Gasteiger partial charge in [0.15, 0.2) is 6.61 Å². The average molecular weight is 535 g/mol. The Bertz CT molecular complexity index is 1420. The Kier molecular flexibility index (Phi) is 8.46. The lowest BCUT2D eigenvalue weighted by Gasteiger charge is -2.28. The summed E-state index contributed by atoms with van der Waals surface area (Å²) in [5.74, 6) is -0.201. The summed E-state index contributed by atoms with van der Waals surface area (Å²) in [4.78, 5) is 31.0. The van der Waals surface area contributed by atoms with E-state index in [1.807, 2.05) is 78.9 Å². The van der Waals surface area contributed by atoms with Crippen molar-refractivity contribution in [2.45, 2.75) is 31.6 Å². The number of ether oxygens (including phenoxy) is 1. The summed E-state index contributed by atoms with van der Waals surface area (Å²) in [6.07, 6.45) is 8.50. The summed E-state index contributed by atoms with van der Waals surface area (Å²) >= 11 is 0. The van der Waals surface area contributed by atoms with Gasteiger partial charge in [0, 0.05) is 12.4 Å². The second kappa shape index (κ2) is 12.7. The number of urea groups is 1. The maximum absolute atomic E-state index is 14.1. The molecule has 0 spiro atoms. The van der Waals surface area contributed by atoms with Gasteiger partial charge in [0.2, 0.25) is 0 Å². The molecule has 1 N–H and O–H groups in total. The first kappa shape index (κ1) is 26.6. The largest absolute Gasteiger partial charge is 0.482 e. The van der Waals surface area contributed by atoms with E-state index in [1.54, 1.807) is 29.6 Å². The van der Waals surface area contributed by atoms with Crippen molar-refractivity contribution < 1.29 is 19.4 Å². The number of aromatic nitrogens is 1. The fraction of sp³-hybridized carbons (Fsp3) is 0.188. The number of para-hydroxylation sites is 2. The van der Waals surface area contributed by atoms with Crippen molar-refractivity contribution >= 4 is 35.3 Å². The number of hydrogen-bond donors (Lipinski definition) is 1. The molecule has 202 valence electrons. The number of nitrogens with zero attached hydrogens (tertiary/aromatic N) is 4. The minimum Gasteiger partial charge on any atom is -0.482 e. The Morgan fingerprint density at radius 3 is 2.35 bits per heavy atom. The Morgan fingerprint density at radius 2 is 1.65 bits per heavy atom. The van der Waals surface area contributed by atoms with E-state index in [4.69, 9.17) is 14.9 Å². The van der Waals surface area contributed by atoms with Gasteiger partial charge in [0.25, 0.3) is 0 Å². The van der Waals surface area contributed by atoms with Gasteiger partial charge in [0.1, 0.15) is 5.75 Å². The molecule has 0 radical (unpaired) electrons. The van der Waals surface area contributed by atoms with Crippen molar-refractivity contribution in [2.24, 2.45) is 5.10 Å². The Labute approximate surface area is 233 Å².